The minimum Gasteiger partial charge on any atom is -0.310 e. The lowest BCUT2D eigenvalue weighted by Gasteiger charge is -2.43. The highest BCUT2D eigenvalue weighted by Gasteiger charge is 2.35. The highest BCUT2D eigenvalue weighted by atomic mass is 15.1. The molecular weight excluding hydrogens is 162 g/mol. The average molecular weight is 179 g/mol. The van der Waals surface area contributed by atoms with Gasteiger partial charge in [0.1, 0.15) is 0 Å². The number of aromatic amines is 1. The van der Waals surface area contributed by atoms with E-state index in [4.69, 9.17) is 0 Å². The fourth-order valence-corrected chi connectivity index (χ4v) is 2.06. The van der Waals surface area contributed by atoms with E-state index in [1.54, 1.807) is 0 Å². The average Bonchev–Trinajstić information content (AvgIpc) is 2.48. The predicted octanol–water partition coefficient (Wildman–Crippen LogP) is 1.69. The van der Waals surface area contributed by atoms with Gasteiger partial charge in [0, 0.05) is 24.3 Å². The minimum atomic E-state index is 0.564. The summed E-state index contributed by atoms with van der Waals surface area (Å²) in [6.45, 7) is 5.59. The summed E-state index contributed by atoms with van der Waals surface area (Å²) in [6.07, 6.45) is 6.41. The van der Waals surface area contributed by atoms with E-state index in [0.717, 1.165) is 6.54 Å². The molecule has 0 bridgehead atoms. The Bertz CT molecular complexity index is 256. The van der Waals surface area contributed by atoms with Gasteiger partial charge in [0.25, 0.3) is 0 Å². The van der Waals surface area contributed by atoms with Gasteiger partial charge in [-0.3, -0.25) is 5.10 Å². The van der Waals surface area contributed by atoms with E-state index in [2.05, 4.69) is 29.4 Å². The zero-order chi connectivity index (χ0) is 9.31. The number of nitrogens with one attached hydrogen (secondary N) is 2. The van der Waals surface area contributed by atoms with E-state index in [9.17, 15) is 0 Å². The van der Waals surface area contributed by atoms with E-state index in [-0.39, 0.29) is 0 Å². The summed E-state index contributed by atoms with van der Waals surface area (Å²) >= 11 is 0. The number of H-pyrrole nitrogens is 1. The van der Waals surface area contributed by atoms with Crippen LogP contribution in [0, 0.1) is 5.41 Å². The maximum absolute atomic E-state index is 3.91. The van der Waals surface area contributed by atoms with Gasteiger partial charge in [0.2, 0.25) is 0 Å². The van der Waals surface area contributed by atoms with Crippen molar-refractivity contribution in [3.05, 3.63) is 18.0 Å². The highest BCUT2D eigenvalue weighted by molar-refractivity contribution is 5.03. The van der Waals surface area contributed by atoms with Crippen LogP contribution in [0.3, 0.4) is 0 Å². The molecule has 1 aromatic heterocycles. The lowest BCUT2D eigenvalue weighted by atomic mass is 9.68. The number of aromatic nitrogens is 2. The van der Waals surface area contributed by atoms with Gasteiger partial charge in [-0.15, -0.1) is 0 Å². The molecule has 1 aromatic rings. The van der Waals surface area contributed by atoms with Gasteiger partial charge in [-0.2, -0.15) is 5.10 Å². The van der Waals surface area contributed by atoms with Crippen LogP contribution >= 0.6 is 0 Å². The number of hydrogen-bond donors (Lipinski definition) is 2. The fourth-order valence-electron chi connectivity index (χ4n) is 2.06. The molecule has 3 nitrogen and oxygen atoms in total. The summed E-state index contributed by atoms with van der Waals surface area (Å²) in [7, 11) is 0. The Morgan fingerprint density at radius 2 is 2.38 bits per heavy atom. The van der Waals surface area contributed by atoms with E-state index in [0.29, 0.717) is 11.5 Å². The largest absolute Gasteiger partial charge is 0.310 e. The third kappa shape index (κ3) is 2.10. The van der Waals surface area contributed by atoms with E-state index >= 15 is 0 Å². The number of nitrogens with zero attached hydrogens (tertiary/aromatic N) is 1. The summed E-state index contributed by atoms with van der Waals surface area (Å²) in [6, 6.07) is 0.713. The Balaban J connectivity index is 1.71. The van der Waals surface area contributed by atoms with Gasteiger partial charge >= 0.3 is 0 Å². The number of hydrogen-bond acceptors (Lipinski definition) is 2. The molecule has 2 rings (SSSR count). The van der Waals surface area contributed by atoms with Gasteiger partial charge < -0.3 is 5.32 Å². The van der Waals surface area contributed by atoms with Gasteiger partial charge in [0.15, 0.2) is 0 Å². The first kappa shape index (κ1) is 8.75. The zero-order valence-electron chi connectivity index (χ0n) is 8.30. The molecule has 3 heteroatoms. The van der Waals surface area contributed by atoms with Crippen LogP contribution in [0.1, 0.15) is 32.3 Å². The van der Waals surface area contributed by atoms with E-state index < -0.39 is 0 Å². The van der Waals surface area contributed by atoms with Crippen molar-refractivity contribution >= 4 is 0 Å². The van der Waals surface area contributed by atoms with Gasteiger partial charge in [-0.05, 0) is 18.3 Å². The summed E-state index contributed by atoms with van der Waals surface area (Å²) in [4.78, 5) is 0. The Morgan fingerprint density at radius 1 is 1.62 bits per heavy atom. The Hall–Kier alpha value is -0.830. The van der Waals surface area contributed by atoms with Crippen molar-refractivity contribution < 1.29 is 0 Å². The first-order valence-corrected chi connectivity index (χ1v) is 4.87. The van der Waals surface area contributed by atoms with Gasteiger partial charge in [0.05, 0.1) is 6.20 Å². The number of rotatable bonds is 3. The van der Waals surface area contributed by atoms with Crippen molar-refractivity contribution in [2.24, 2.45) is 5.41 Å². The second-order valence-corrected chi connectivity index (χ2v) is 4.76. The van der Waals surface area contributed by atoms with Crippen LogP contribution in [0.4, 0.5) is 0 Å². The standard InChI is InChI=1S/C10H17N3/c1-10(2)3-9(4-10)11-5-8-6-12-13-7-8/h6-7,9,11H,3-5H2,1-2H3,(H,12,13). The van der Waals surface area contributed by atoms with Gasteiger partial charge in [-0.1, -0.05) is 13.8 Å². The van der Waals surface area contributed by atoms with Crippen molar-refractivity contribution in [3.63, 3.8) is 0 Å². The van der Waals surface area contributed by atoms with Crippen LogP contribution in [0.5, 0.6) is 0 Å². The van der Waals surface area contributed by atoms with Crippen molar-refractivity contribution in [3.8, 4) is 0 Å². The molecule has 0 aromatic carbocycles. The first-order valence-electron chi connectivity index (χ1n) is 4.87. The molecule has 1 aliphatic carbocycles. The van der Waals surface area contributed by atoms with E-state index in [1.807, 2.05) is 12.4 Å². The molecule has 13 heavy (non-hydrogen) atoms. The quantitative estimate of drug-likeness (QED) is 0.741. The monoisotopic (exact) mass is 179 g/mol. The normalized spacial score (nSPS) is 21.4. The van der Waals surface area contributed by atoms with Crippen LogP contribution in [-0.4, -0.2) is 16.2 Å². The van der Waals surface area contributed by atoms with Crippen molar-refractivity contribution in [1.82, 2.24) is 15.5 Å². The predicted molar refractivity (Wildman–Crippen MR) is 52.2 cm³/mol. The zero-order valence-corrected chi connectivity index (χ0v) is 8.30. The van der Waals surface area contributed by atoms with Crippen LogP contribution < -0.4 is 5.32 Å². The van der Waals surface area contributed by atoms with Crippen LogP contribution in [0.2, 0.25) is 0 Å². The fraction of sp³-hybridized carbons (Fsp3) is 0.700. The highest BCUT2D eigenvalue weighted by Crippen LogP contribution is 2.39. The molecule has 0 spiro atoms. The second kappa shape index (κ2) is 3.14. The molecule has 0 atom stereocenters. The smallest absolute Gasteiger partial charge is 0.0532 e. The van der Waals surface area contributed by atoms with Gasteiger partial charge in [-0.25, -0.2) is 0 Å². The molecule has 1 saturated carbocycles. The molecule has 2 N–H and O–H groups in total. The molecule has 0 amide bonds. The van der Waals surface area contributed by atoms with Crippen LogP contribution in [-0.2, 0) is 6.54 Å². The molecule has 0 unspecified atom stereocenters. The lowest BCUT2D eigenvalue weighted by molar-refractivity contribution is 0.125. The summed E-state index contributed by atoms with van der Waals surface area (Å²) in [5.41, 5.74) is 1.80. The second-order valence-electron chi connectivity index (χ2n) is 4.76. The molecule has 1 fully saturated rings. The minimum absolute atomic E-state index is 0.564. The Kier molecular flexibility index (Phi) is 2.12. The van der Waals surface area contributed by atoms with Crippen molar-refractivity contribution in [2.45, 2.75) is 39.3 Å². The maximum atomic E-state index is 3.91. The molecule has 1 heterocycles. The summed E-state index contributed by atoms with van der Waals surface area (Å²) < 4.78 is 0. The van der Waals surface area contributed by atoms with Crippen LogP contribution in [0.15, 0.2) is 12.4 Å². The Labute approximate surface area is 78.9 Å². The van der Waals surface area contributed by atoms with Crippen molar-refractivity contribution in [2.75, 3.05) is 0 Å². The molecule has 1 aliphatic rings. The molecule has 0 radical (unpaired) electrons. The van der Waals surface area contributed by atoms with Crippen molar-refractivity contribution in [1.29, 1.82) is 0 Å². The third-order valence-electron chi connectivity index (χ3n) is 2.75. The maximum Gasteiger partial charge on any atom is 0.0532 e. The molecule has 0 aliphatic heterocycles. The third-order valence-corrected chi connectivity index (χ3v) is 2.75. The summed E-state index contributed by atoms with van der Waals surface area (Å²) in [5.74, 6) is 0. The lowest BCUT2D eigenvalue weighted by Crippen LogP contribution is -2.45. The summed E-state index contributed by atoms with van der Waals surface area (Å²) in [5, 5.41) is 10.2. The van der Waals surface area contributed by atoms with E-state index in [1.165, 1.54) is 18.4 Å². The van der Waals surface area contributed by atoms with Crippen LogP contribution in [0.25, 0.3) is 0 Å². The molecule has 0 saturated heterocycles. The first-order chi connectivity index (χ1) is 6.16. The SMILES string of the molecule is CC1(C)CC(NCc2cn[nH]c2)C1. The molecule has 72 valence electrons. The molecular formula is C10H17N3. The topological polar surface area (TPSA) is 40.7 Å². The Morgan fingerprint density at radius 3 is 2.92 bits per heavy atom.